The standard InChI is InChI=1S/C24H39BrO5/c1-14(20(30-17(4)27)13-29-16(3)26)8-9-19-22-15(2)12-21(25)23(5,6)18(22)10-11-24(19,7)28/h15,18-22,28H,1,8-13H2,2-7H3/t15-,18?,19?,20?,21?,22?,24?/m0/s1. The van der Waals surface area contributed by atoms with Gasteiger partial charge in [0.25, 0.3) is 0 Å². The van der Waals surface area contributed by atoms with Crippen LogP contribution in [0.15, 0.2) is 12.2 Å². The zero-order valence-electron chi connectivity index (χ0n) is 19.4. The molecule has 0 spiro atoms. The van der Waals surface area contributed by atoms with Crippen LogP contribution in [0.2, 0.25) is 0 Å². The van der Waals surface area contributed by atoms with Crippen LogP contribution in [0, 0.1) is 29.1 Å². The molecule has 172 valence electrons. The van der Waals surface area contributed by atoms with Crippen LogP contribution in [-0.4, -0.2) is 40.2 Å². The first kappa shape index (κ1) is 25.4. The Kier molecular flexibility index (Phi) is 8.23. The van der Waals surface area contributed by atoms with Crippen LogP contribution < -0.4 is 0 Å². The molecule has 0 saturated heterocycles. The maximum Gasteiger partial charge on any atom is 0.303 e. The molecular weight excluding hydrogens is 448 g/mol. The largest absolute Gasteiger partial charge is 0.462 e. The van der Waals surface area contributed by atoms with Crippen LogP contribution in [0.3, 0.4) is 0 Å². The Morgan fingerprint density at radius 1 is 1.23 bits per heavy atom. The Balaban J connectivity index is 2.16. The maximum atomic E-state index is 11.5. The predicted octanol–water partition coefficient (Wildman–Crippen LogP) is 5.04. The topological polar surface area (TPSA) is 72.8 Å². The van der Waals surface area contributed by atoms with Gasteiger partial charge in [0.1, 0.15) is 6.61 Å². The zero-order chi connectivity index (χ0) is 22.9. The number of fused-ring (bicyclic) bond motifs is 1. The molecule has 6 unspecified atom stereocenters. The number of carbonyl (C=O) groups is 2. The van der Waals surface area contributed by atoms with Crippen LogP contribution in [0.1, 0.15) is 73.6 Å². The van der Waals surface area contributed by atoms with Gasteiger partial charge in [0, 0.05) is 18.7 Å². The Labute approximate surface area is 190 Å². The number of rotatable bonds is 7. The van der Waals surface area contributed by atoms with E-state index in [9.17, 15) is 14.7 Å². The number of alkyl halides is 1. The highest BCUT2D eigenvalue weighted by molar-refractivity contribution is 9.09. The van der Waals surface area contributed by atoms with E-state index in [1.165, 1.54) is 13.8 Å². The molecule has 2 saturated carbocycles. The van der Waals surface area contributed by atoms with E-state index in [1.807, 2.05) is 6.92 Å². The van der Waals surface area contributed by atoms with Gasteiger partial charge >= 0.3 is 11.9 Å². The smallest absolute Gasteiger partial charge is 0.303 e. The molecule has 5 nitrogen and oxygen atoms in total. The molecule has 2 rings (SSSR count). The monoisotopic (exact) mass is 486 g/mol. The number of hydrogen-bond donors (Lipinski definition) is 1. The van der Waals surface area contributed by atoms with Crippen molar-refractivity contribution in [2.45, 2.75) is 90.2 Å². The number of carbonyl (C=O) groups excluding carboxylic acids is 2. The van der Waals surface area contributed by atoms with Crippen molar-refractivity contribution in [3.8, 4) is 0 Å². The lowest BCUT2D eigenvalue weighted by atomic mass is 9.49. The van der Waals surface area contributed by atoms with Gasteiger partial charge in [-0.2, -0.15) is 0 Å². The van der Waals surface area contributed by atoms with Gasteiger partial charge in [0.15, 0.2) is 6.10 Å². The number of esters is 2. The third-order valence-corrected chi connectivity index (χ3v) is 9.22. The molecule has 0 aromatic heterocycles. The van der Waals surface area contributed by atoms with Crippen LogP contribution in [-0.2, 0) is 19.1 Å². The van der Waals surface area contributed by atoms with Crippen molar-refractivity contribution in [2.24, 2.45) is 29.1 Å². The molecular formula is C24H39BrO5. The highest BCUT2D eigenvalue weighted by atomic mass is 79.9. The molecule has 0 radical (unpaired) electrons. The van der Waals surface area contributed by atoms with Crippen molar-refractivity contribution in [2.75, 3.05) is 6.61 Å². The average Bonchev–Trinajstić information content (AvgIpc) is 2.61. The summed E-state index contributed by atoms with van der Waals surface area (Å²) in [4.78, 5) is 23.2. The second-order valence-electron chi connectivity index (χ2n) is 10.3. The molecule has 7 atom stereocenters. The minimum atomic E-state index is -0.724. The molecule has 30 heavy (non-hydrogen) atoms. The van der Waals surface area contributed by atoms with E-state index in [0.29, 0.717) is 29.0 Å². The van der Waals surface area contributed by atoms with Crippen LogP contribution >= 0.6 is 15.9 Å². The van der Waals surface area contributed by atoms with Gasteiger partial charge in [-0.1, -0.05) is 43.3 Å². The Morgan fingerprint density at radius 2 is 1.87 bits per heavy atom. The average molecular weight is 487 g/mol. The Morgan fingerprint density at radius 3 is 2.43 bits per heavy atom. The summed E-state index contributed by atoms with van der Waals surface area (Å²) in [7, 11) is 0. The van der Waals surface area contributed by atoms with E-state index < -0.39 is 23.6 Å². The molecule has 2 aliphatic carbocycles. The van der Waals surface area contributed by atoms with Crippen molar-refractivity contribution < 1.29 is 24.2 Å². The first-order valence-electron chi connectivity index (χ1n) is 11.1. The molecule has 2 aliphatic rings. The third kappa shape index (κ3) is 5.67. The summed E-state index contributed by atoms with van der Waals surface area (Å²) in [6.45, 7) is 15.8. The van der Waals surface area contributed by atoms with Crippen LogP contribution in [0.25, 0.3) is 0 Å². The molecule has 0 amide bonds. The summed E-state index contributed by atoms with van der Waals surface area (Å²) in [6, 6.07) is 0. The summed E-state index contributed by atoms with van der Waals surface area (Å²) in [5.41, 5.74) is 0.182. The number of hydrogen-bond acceptors (Lipinski definition) is 5. The normalized spacial score (nSPS) is 36.3. The number of halogens is 1. The Bertz CT molecular complexity index is 656. The summed E-state index contributed by atoms with van der Waals surface area (Å²) >= 11 is 3.93. The lowest BCUT2D eigenvalue weighted by molar-refractivity contribution is -0.154. The molecule has 0 heterocycles. The lowest BCUT2D eigenvalue weighted by Crippen LogP contribution is -2.56. The molecule has 1 N–H and O–H groups in total. The fourth-order valence-corrected chi connectivity index (χ4v) is 6.76. The SMILES string of the molecule is C=C(CCC1C2C(CCC1(C)O)C(C)(C)C(Br)C[C@@H]2C)C(COC(C)=O)OC(C)=O. The van der Waals surface area contributed by atoms with E-state index in [4.69, 9.17) is 9.47 Å². The molecule has 2 fully saturated rings. The van der Waals surface area contributed by atoms with Crippen LogP contribution in [0.5, 0.6) is 0 Å². The van der Waals surface area contributed by atoms with E-state index >= 15 is 0 Å². The van der Waals surface area contributed by atoms with Crippen molar-refractivity contribution in [1.29, 1.82) is 0 Å². The second kappa shape index (κ2) is 9.72. The van der Waals surface area contributed by atoms with E-state index in [2.05, 4.69) is 43.3 Å². The van der Waals surface area contributed by atoms with Crippen molar-refractivity contribution in [3.63, 3.8) is 0 Å². The second-order valence-corrected chi connectivity index (χ2v) is 11.4. The molecule has 0 aromatic rings. The fraction of sp³-hybridized carbons (Fsp3) is 0.833. The van der Waals surface area contributed by atoms with Gasteiger partial charge in [-0.15, -0.1) is 0 Å². The first-order chi connectivity index (χ1) is 13.8. The molecule has 0 aromatic carbocycles. The molecule has 6 heteroatoms. The predicted molar refractivity (Wildman–Crippen MR) is 121 cm³/mol. The summed E-state index contributed by atoms with van der Waals surface area (Å²) in [6.07, 6.45) is 3.68. The van der Waals surface area contributed by atoms with Gasteiger partial charge in [-0.3, -0.25) is 9.59 Å². The van der Waals surface area contributed by atoms with Gasteiger partial charge < -0.3 is 14.6 Å². The van der Waals surface area contributed by atoms with E-state index in [1.54, 1.807) is 0 Å². The maximum absolute atomic E-state index is 11.5. The lowest BCUT2D eigenvalue weighted by Gasteiger charge is -2.59. The molecule has 0 aliphatic heterocycles. The summed E-state index contributed by atoms with van der Waals surface area (Å²) in [5, 5.41) is 11.3. The minimum Gasteiger partial charge on any atom is -0.462 e. The van der Waals surface area contributed by atoms with Gasteiger partial charge in [0.2, 0.25) is 0 Å². The van der Waals surface area contributed by atoms with Gasteiger partial charge in [-0.25, -0.2) is 0 Å². The first-order valence-corrected chi connectivity index (χ1v) is 12.0. The van der Waals surface area contributed by atoms with E-state index in [0.717, 1.165) is 31.3 Å². The van der Waals surface area contributed by atoms with Gasteiger partial charge in [0.05, 0.1) is 5.60 Å². The van der Waals surface area contributed by atoms with Crippen LogP contribution in [0.4, 0.5) is 0 Å². The minimum absolute atomic E-state index is 0.0183. The van der Waals surface area contributed by atoms with Crippen molar-refractivity contribution in [3.05, 3.63) is 12.2 Å². The zero-order valence-corrected chi connectivity index (χ0v) is 21.0. The third-order valence-electron chi connectivity index (χ3n) is 7.67. The number of aliphatic hydroxyl groups is 1. The Hall–Kier alpha value is -0.880. The van der Waals surface area contributed by atoms with Crippen molar-refractivity contribution >= 4 is 27.9 Å². The highest BCUT2D eigenvalue weighted by Crippen LogP contribution is 2.59. The fourth-order valence-electron chi connectivity index (χ4n) is 5.84. The number of ether oxygens (including phenoxy) is 2. The summed E-state index contributed by atoms with van der Waals surface area (Å²) < 4.78 is 10.4. The van der Waals surface area contributed by atoms with Gasteiger partial charge in [-0.05, 0) is 73.7 Å². The summed E-state index contributed by atoms with van der Waals surface area (Å²) in [5.74, 6) is 0.807. The quantitative estimate of drug-likeness (QED) is 0.310. The van der Waals surface area contributed by atoms with Crippen molar-refractivity contribution in [1.82, 2.24) is 0 Å². The molecule has 0 bridgehead atoms. The highest BCUT2D eigenvalue weighted by Gasteiger charge is 2.55. The van der Waals surface area contributed by atoms with E-state index in [-0.39, 0.29) is 17.9 Å².